The third kappa shape index (κ3) is 3.77. The van der Waals surface area contributed by atoms with E-state index in [1.807, 2.05) is 0 Å². The lowest BCUT2D eigenvalue weighted by Gasteiger charge is -2.29. The summed E-state index contributed by atoms with van der Waals surface area (Å²) in [4.78, 5) is 11.8. The van der Waals surface area contributed by atoms with Crippen LogP contribution in [0, 0.1) is 6.92 Å². The molecule has 0 saturated carbocycles. The van der Waals surface area contributed by atoms with Crippen LogP contribution < -0.4 is 4.74 Å². The Morgan fingerprint density at radius 2 is 1.89 bits per heavy atom. The number of carbonyl (C=O) groups is 1. The van der Waals surface area contributed by atoms with Crippen molar-refractivity contribution in [2.75, 3.05) is 7.11 Å². The molecule has 0 aliphatic carbocycles. The zero-order valence-electron chi connectivity index (χ0n) is 14.2. The first kappa shape index (κ1) is 19.6. The molecule has 8 heteroatoms. The molecule has 0 N–H and O–H groups in total. The molecule has 0 radical (unpaired) electrons. The quantitative estimate of drug-likeness (QED) is 0.576. The van der Waals surface area contributed by atoms with Crippen LogP contribution in [0.3, 0.4) is 0 Å². The Morgan fingerprint density at radius 1 is 1.19 bits per heavy atom. The molecule has 27 heavy (non-hydrogen) atoms. The number of ether oxygens (including phenoxy) is 2. The maximum atomic E-state index is 13.5. The normalized spacial score (nSPS) is 16.3. The summed E-state index contributed by atoms with van der Waals surface area (Å²) in [5.41, 5.74) is 1.32. The Labute approximate surface area is 163 Å². The first-order valence-electron chi connectivity index (χ1n) is 7.75. The van der Waals surface area contributed by atoms with E-state index in [1.54, 1.807) is 25.1 Å². The van der Waals surface area contributed by atoms with Gasteiger partial charge in [0.05, 0.1) is 12.7 Å². The van der Waals surface area contributed by atoms with E-state index >= 15 is 0 Å². The molecule has 1 aliphatic rings. The number of hydrogen-bond acceptors (Lipinski definition) is 3. The number of esters is 1. The van der Waals surface area contributed by atoms with Crippen molar-refractivity contribution in [3.63, 3.8) is 0 Å². The minimum absolute atomic E-state index is 0.0175. The molecule has 3 nitrogen and oxygen atoms in total. The van der Waals surface area contributed by atoms with Gasteiger partial charge >= 0.3 is 12.1 Å². The van der Waals surface area contributed by atoms with E-state index in [-0.39, 0.29) is 16.3 Å². The predicted octanol–water partition coefficient (Wildman–Crippen LogP) is 5.85. The monoisotopic (exact) mass is 416 g/mol. The molecule has 0 amide bonds. The van der Waals surface area contributed by atoms with E-state index in [4.69, 9.17) is 27.9 Å². The molecule has 1 heterocycles. The van der Waals surface area contributed by atoms with E-state index in [2.05, 4.69) is 4.74 Å². The van der Waals surface area contributed by atoms with Gasteiger partial charge in [-0.25, -0.2) is 4.79 Å². The van der Waals surface area contributed by atoms with Crippen molar-refractivity contribution >= 4 is 35.2 Å². The molecule has 0 saturated heterocycles. The smallest absolute Gasteiger partial charge is 0.430 e. The number of rotatable bonds is 2. The summed E-state index contributed by atoms with van der Waals surface area (Å²) in [6.07, 6.45) is -6.14. The Morgan fingerprint density at radius 3 is 2.48 bits per heavy atom. The molecule has 0 spiro atoms. The van der Waals surface area contributed by atoms with E-state index in [1.165, 1.54) is 12.1 Å². The number of alkyl halides is 3. The fourth-order valence-electron chi connectivity index (χ4n) is 2.83. The summed E-state index contributed by atoms with van der Waals surface area (Å²) in [6, 6.07) is 7.96. The minimum atomic E-state index is -4.80. The van der Waals surface area contributed by atoms with Gasteiger partial charge in [-0.05, 0) is 48.4 Å². The highest BCUT2D eigenvalue weighted by molar-refractivity contribution is 6.32. The Kier molecular flexibility index (Phi) is 5.14. The van der Waals surface area contributed by atoms with Crippen molar-refractivity contribution in [3.05, 3.63) is 57.1 Å². The molecule has 3 rings (SSSR count). The van der Waals surface area contributed by atoms with Crippen molar-refractivity contribution in [2.24, 2.45) is 0 Å². The molecule has 142 valence electrons. The third-order valence-corrected chi connectivity index (χ3v) is 4.74. The van der Waals surface area contributed by atoms with Gasteiger partial charge in [0, 0.05) is 21.2 Å². The van der Waals surface area contributed by atoms with Gasteiger partial charge in [0.15, 0.2) is 0 Å². The molecular formula is C19H13Cl2F3O3. The Balaban J connectivity index is 2.23. The maximum absolute atomic E-state index is 13.5. The van der Waals surface area contributed by atoms with E-state index in [9.17, 15) is 18.0 Å². The van der Waals surface area contributed by atoms with Crippen molar-refractivity contribution < 1.29 is 27.4 Å². The maximum Gasteiger partial charge on any atom is 0.430 e. The van der Waals surface area contributed by atoms with Gasteiger partial charge in [0.1, 0.15) is 5.75 Å². The SMILES string of the molecule is COC(=O)C1=Cc2cc(Cl)cc(-c3ccc(Cl)c(C)c3)c2OC1C(F)(F)F. The Hall–Kier alpha value is -2.18. The van der Waals surface area contributed by atoms with Crippen LogP contribution in [0.4, 0.5) is 13.2 Å². The standard InChI is InChI=1S/C19H13Cl2F3O3/c1-9-5-10(3-4-15(9)21)13-8-12(20)6-11-7-14(18(25)26-2)17(19(22,23)24)27-16(11)13/h3-8,17H,1-2H3. The largest absolute Gasteiger partial charge is 0.475 e. The molecule has 2 aromatic rings. The second-order valence-corrected chi connectivity index (χ2v) is 6.81. The van der Waals surface area contributed by atoms with Crippen LogP contribution in [0.1, 0.15) is 11.1 Å². The molecule has 1 atom stereocenters. The van der Waals surface area contributed by atoms with Crippen molar-refractivity contribution in [1.82, 2.24) is 0 Å². The number of aryl methyl sites for hydroxylation is 1. The Bertz CT molecular complexity index is 952. The lowest BCUT2D eigenvalue weighted by Crippen LogP contribution is -2.40. The summed E-state index contributed by atoms with van der Waals surface area (Å²) in [6.45, 7) is 1.78. The number of carbonyl (C=O) groups excluding carboxylic acids is 1. The molecule has 0 aromatic heterocycles. The number of methoxy groups -OCH3 is 1. The molecule has 2 aromatic carbocycles. The summed E-state index contributed by atoms with van der Waals surface area (Å²) in [7, 11) is 1.01. The van der Waals surface area contributed by atoms with Gasteiger partial charge in [-0.2, -0.15) is 13.2 Å². The first-order valence-corrected chi connectivity index (χ1v) is 8.50. The van der Waals surface area contributed by atoms with Crippen LogP contribution >= 0.6 is 23.2 Å². The van der Waals surface area contributed by atoms with Gasteiger partial charge < -0.3 is 9.47 Å². The van der Waals surface area contributed by atoms with Gasteiger partial charge in [0.2, 0.25) is 6.10 Å². The third-order valence-electron chi connectivity index (χ3n) is 4.10. The average molecular weight is 417 g/mol. The summed E-state index contributed by atoms with van der Waals surface area (Å²) < 4.78 is 50.2. The molecule has 1 aliphatic heterocycles. The number of fused-ring (bicyclic) bond motifs is 1. The fourth-order valence-corrected chi connectivity index (χ4v) is 3.18. The molecule has 0 fully saturated rings. The van der Waals surface area contributed by atoms with Gasteiger partial charge in [-0.1, -0.05) is 29.3 Å². The van der Waals surface area contributed by atoms with E-state index in [0.717, 1.165) is 18.7 Å². The van der Waals surface area contributed by atoms with Crippen LogP contribution in [-0.4, -0.2) is 25.4 Å². The highest BCUT2D eigenvalue weighted by atomic mass is 35.5. The van der Waals surface area contributed by atoms with Crippen molar-refractivity contribution in [2.45, 2.75) is 19.2 Å². The lowest BCUT2D eigenvalue weighted by molar-refractivity contribution is -0.187. The van der Waals surface area contributed by atoms with E-state index in [0.29, 0.717) is 16.1 Å². The molecular weight excluding hydrogens is 404 g/mol. The first-order chi connectivity index (χ1) is 12.6. The van der Waals surface area contributed by atoms with Crippen LogP contribution in [0.2, 0.25) is 10.0 Å². The topological polar surface area (TPSA) is 35.5 Å². The highest BCUT2D eigenvalue weighted by Crippen LogP contribution is 2.44. The molecule has 0 bridgehead atoms. The number of benzene rings is 2. The van der Waals surface area contributed by atoms with Crippen LogP contribution in [0.15, 0.2) is 35.9 Å². The second kappa shape index (κ2) is 7.09. The zero-order valence-corrected chi connectivity index (χ0v) is 15.7. The van der Waals surface area contributed by atoms with Crippen LogP contribution in [-0.2, 0) is 9.53 Å². The average Bonchev–Trinajstić information content (AvgIpc) is 2.60. The predicted molar refractivity (Wildman–Crippen MR) is 97.1 cm³/mol. The van der Waals surface area contributed by atoms with Gasteiger partial charge in [-0.3, -0.25) is 0 Å². The summed E-state index contributed by atoms with van der Waals surface area (Å²) in [5.74, 6) is -1.14. The zero-order chi connectivity index (χ0) is 19.9. The van der Waals surface area contributed by atoms with Gasteiger partial charge in [0.25, 0.3) is 0 Å². The van der Waals surface area contributed by atoms with Gasteiger partial charge in [-0.15, -0.1) is 0 Å². The second-order valence-electron chi connectivity index (χ2n) is 5.97. The lowest BCUT2D eigenvalue weighted by atomic mass is 9.95. The molecule has 1 unspecified atom stereocenters. The van der Waals surface area contributed by atoms with Crippen molar-refractivity contribution in [3.8, 4) is 16.9 Å². The van der Waals surface area contributed by atoms with Crippen molar-refractivity contribution in [1.29, 1.82) is 0 Å². The van der Waals surface area contributed by atoms with Crippen LogP contribution in [0.5, 0.6) is 5.75 Å². The van der Waals surface area contributed by atoms with Crippen LogP contribution in [0.25, 0.3) is 17.2 Å². The minimum Gasteiger partial charge on any atom is -0.475 e. The number of halogens is 5. The van der Waals surface area contributed by atoms with E-state index < -0.39 is 23.8 Å². The fraction of sp³-hybridized carbons (Fsp3) is 0.211. The summed E-state index contributed by atoms with van der Waals surface area (Å²) in [5, 5.41) is 0.808. The summed E-state index contributed by atoms with van der Waals surface area (Å²) >= 11 is 12.2. The highest BCUT2D eigenvalue weighted by Gasteiger charge is 2.49. The number of hydrogen-bond donors (Lipinski definition) is 0.